The zero-order valence-corrected chi connectivity index (χ0v) is 30.1. The number of hydrogen-bond acceptors (Lipinski definition) is 7. The Labute approximate surface area is 298 Å². The van der Waals surface area contributed by atoms with Gasteiger partial charge in [0.1, 0.15) is 23.9 Å². The van der Waals surface area contributed by atoms with Crippen molar-refractivity contribution in [2.24, 2.45) is 4.99 Å². The number of carbonyl (C=O) groups is 1. The van der Waals surface area contributed by atoms with Gasteiger partial charge in [0.05, 0.1) is 25.6 Å². The maximum atomic E-state index is 11.9. The van der Waals surface area contributed by atoms with Crippen molar-refractivity contribution < 1.29 is 70.2 Å². The van der Waals surface area contributed by atoms with Gasteiger partial charge >= 0.3 is 51.4 Å². The van der Waals surface area contributed by atoms with Crippen LogP contribution < -0.4 is 76.8 Å². The van der Waals surface area contributed by atoms with Crippen molar-refractivity contribution in [3.8, 4) is 11.5 Å². The molecule has 1 aliphatic rings. The number of benzene rings is 2. The molecule has 8 nitrogen and oxygen atoms in total. The molecule has 1 amide bonds. The van der Waals surface area contributed by atoms with Gasteiger partial charge in [0.2, 0.25) is 5.91 Å². The normalized spacial score (nSPS) is 13.7. The van der Waals surface area contributed by atoms with E-state index in [9.17, 15) is 9.36 Å². The second-order valence-electron chi connectivity index (χ2n) is 9.52. The van der Waals surface area contributed by atoms with Gasteiger partial charge in [-0.3, -0.25) is 15.8 Å². The van der Waals surface area contributed by atoms with Crippen molar-refractivity contribution in [1.29, 1.82) is 0 Å². The number of halogens is 1. The van der Waals surface area contributed by atoms with E-state index in [1.165, 1.54) is 31.6 Å². The van der Waals surface area contributed by atoms with Crippen LogP contribution in [0, 0.1) is 12.1 Å². The first-order valence-corrected chi connectivity index (χ1v) is 16.3. The van der Waals surface area contributed by atoms with E-state index in [4.69, 9.17) is 21.1 Å². The summed E-state index contributed by atoms with van der Waals surface area (Å²) in [6, 6.07) is 13.8. The molecular weight excluding hydrogens is 598 g/mol. The zero-order chi connectivity index (χ0) is 30.3. The van der Waals surface area contributed by atoms with Crippen molar-refractivity contribution in [3.05, 3.63) is 78.6 Å². The number of piperidine rings is 1. The largest absolute Gasteiger partial charge is 1.00 e. The van der Waals surface area contributed by atoms with Crippen LogP contribution in [0.5, 0.6) is 11.5 Å². The van der Waals surface area contributed by atoms with Gasteiger partial charge in [0.15, 0.2) is 0 Å². The quantitative estimate of drug-likeness (QED) is 0.122. The van der Waals surface area contributed by atoms with Crippen LogP contribution >= 0.6 is 18.7 Å². The summed E-state index contributed by atoms with van der Waals surface area (Å²) < 4.78 is 22.9. The summed E-state index contributed by atoms with van der Waals surface area (Å²) in [6.45, 7) is 16.1. The molecule has 2 N–H and O–H groups in total. The van der Waals surface area contributed by atoms with E-state index in [1.54, 1.807) is 45.6 Å². The topological polar surface area (TPSA) is 92.3 Å². The monoisotopic (exact) mass is 637 g/mol. The van der Waals surface area contributed by atoms with E-state index >= 15 is 0 Å². The first-order chi connectivity index (χ1) is 19.6. The van der Waals surface area contributed by atoms with E-state index in [-0.39, 0.29) is 57.3 Å². The molecule has 2 aromatic rings. The van der Waals surface area contributed by atoms with Crippen molar-refractivity contribution >= 4 is 47.5 Å². The first-order valence-electron chi connectivity index (χ1n) is 13.3. The van der Waals surface area contributed by atoms with Gasteiger partial charge in [0, 0.05) is 12.6 Å². The standard InChI is InChI=1S/C23H30ClN4O3.C8H10OP.K/c1-5-18(24)16-25-17(3)26-19-14-20(27-23(29)6-2)22(15-21(19)30-4)31-13-12-28-10-8-7-9-11-28;1-10(2,9)8-6-4-3-5-7-8;/h6,14-16,26H,2-3,7-13H2,1,4H3,(H,27,29);3-6H,1-2H3;/q2*-1;+1/b25-16-;;. The van der Waals surface area contributed by atoms with Crippen molar-refractivity contribution in [1.82, 2.24) is 4.90 Å². The van der Waals surface area contributed by atoms with Crippen molar-refractivity contribution in [2.45, 2.75) is 26.2 Å². The Bertz CT molecular complexity index is 1280. The number of ether oxygens (including phenoxy) is 2. The Morgan fingerprint density at radius 3 is 2.43 bits per heavy atom. The third kappa shape index (κ3) is 14.2. The SMILES string of the molecule is C=CC(=O)Nc1cc(NC(=C)/N=C\C(Cl)=[C-]C)c(OC)cc1OCCN1CCCCC1.CP(C)(=O)c1[c-]cccc1.[K+]. The average molecular weight is 638 g/mol. The number of nitrogens with zero attached hydrogens (tertiary/aromatic N) is 2. The summed E-state index contributed by atoms with van der Waals surface area (Å²) in [4.78, 5) is 18.5. The number of likely N-dealkylation sites (tertiary alicyclic amines) is 1. The molecule has 11 heteroatoms. The third-order valence-corrected chi connectivity index (χ3v) is 7.71. The van der Waals surface area contributed by atoms with Crippen LogP contribution in [0.4, 0.5) is 11.4 Å². The van der Waals surface area contributed by atoms with E-state index in [2.05, 4.69) is 45.8 Å². The van der Waals surface area contributed by atoms with Gasteiger partial charge in [0.25, 0.3) is 0 Å². The van der Waals surface area contributed by atoms with Gasteiger partial charge < -0.3 is 29.7 Å². The molecule has 2 aromatic carbocycles. The van der Waals surface area contributed by atoms with Gasteiger partial charge in [-0.1, -0.05) is 19.6 Å². The number of allylic oxidation sites excluding steroid dienone is 2. The molecule has 1 saturated heterocycles. The molecule has 0 bridgehead atoms. The molecule has 0 unspecified atom stereocenters. The van der Waals surface area contributed by atoms with Gasteiger partial charge in [-0.15, -0.1) is 35.1 Å². The average Bonchev–Trinajstić information content (AvgIpc) is 2.97. The minimum atomic E-state index is -2.07. The smallest absolute Gasteiger partial charge is 0.494 e. The molecule has 1 aliphatic heterocycles. The summed E-state index contributed by atoms with van der Waals surface area (Å²) >= 11 is 5.88. The number of anilines is 2. The fourth-order valence-corrected chi connectivity index (χ4v) is 4.68. The summed E-state index contributed by atoms with van der Waals surface area (Å²) in [5, 5.41) is 7.02. The summed E-state index contributed by atoms with van der Waals surface area (Å²) in [6.07, 6.45) is 9.12. The Morgan fingerprint density at radius 1 is 1.19 bits per heavy atom. The number of methoxy groups -OCH3 is 1. The van der Waals surface area contributed by atoms with Gasteiger partial charge in [-0.05, 0) is 51.4 Å². The van der Waals surface area contributed by atoms with E-state index in [0.29, 0.717) is 40.3 Å². The zero-order valence-electron chi connectivity index (χ0n) is 25.3. The van der Waals surface area contributed by atoms with Crippen LogP contribution in [0.1, 0.15) is 26.2 Å². The number of amides is 1. The number of hydrogen-bond donors (Lipinski definition) is 2. The van der Waals surface area contributed by atoms with Crippen LogP contribution in [-0.4, -0.2) is 63.7 Å². The van der Waals surface area contributed by atoms with Crippen LogP contribution in [0.2, 0.25) is 0 Å². The number of nitrogens with one attached hydrogen (secondary N) is 2. The molecule has 0 aromatic heterocycles. The number of carbonyl (C=O) groups excluding carboxylic acids is 1. The van der Waals surface area contributed by atoms with Crippen LogP contribution in [0.25, 0.3) is 0 Å². The van der Waals surface area contributed by atoms with Crippen molar-refractivity contribution in [3.63, 3.8) is 0 Å². The predicted molar refractivity (Wildman–Crippen MR) is 172 cm³/mol. The molecule has 3 rings (SSSR count). The van der Waals surface area contributed by atoms with Gasteiger partial charge in [-0.2, -0.15) is 30.3 Å². The first kappa shape index (κ1) is 38.3. The number of rotatable bonds is 12. The molecule has 0 aliphatic carbocycles. The Balaban J connectivity index is 0.000000677. The molecule has 0 spiro atoms. The molecular formula is C31H40ClKN4O4P-. The summed E-state index contributed by atoms with van der Waals surface area (Å²) in [7, 11) is -0.520. The van der Waals surface area contributed by atoms with Gasteiger partial charge in [-0.25, -0.2) is 0 Å². The molecule has 222 valence electrons. The van der Waals surface area contributed by atoms with Crippen LogP contribution in [0.3, 0.4) is 0 Å². The predicted octanol–water partition coefficient (Wildman–Crippen LogP) is 3.32. The van der Waals surface area contributed by atoms with E-state index in [0.717, 1.165) is 24.9 Å². The van der Waals surface area contributed by atoms with Crippen LogP contribution in [0.15, 0.2) is 71.5 Å². The molecule has 1 heterocycles. The molecule has 1 fully saturated rings. The fraction of sp³-hybridized carbons (Fsp3) is 0.355. The summed E-state index contributed by atoms with van der Waals surface area (Å²) in [5.41, 5.74) is 1.05. The molecule has 0 atom stereocenters. The second kappa shape index (κ2) is 20.3. The number of aliphatic imine (C=N–C) groups is 1. The molecule has 0 radical (unpaired) electrons. The summed E-state index contributed by atoms with van der Waals surface area (Å²) in [5.74, 6) is 1.02. The minimum absolute atomic E-state index is 0. The van der Waals surface area contributed by atoms with E-state index in [1.807, 2.05) is 18.2 Å². The maximum Gasteiger partial charge on any atom is 1.00 e. The third-order valence-electron chi connectivity index (χ3n) is 5.98. The Morgan fingerprint density at radius 2 is 1.88 bits per heavy atom. The Hall–Kier alpha value is -1.68. The second-order valence-corrected chi connectivity index (χ2v) is 13.1. The fourth-order valence-electron chi connectivity index (χ4n) is 3.80. The molecule has 0 saturated carbocycles. The van der Waals surface area contributed by atoms with E-state index < -0.39 is 7.14 Å². The Kier molecular flexibility index (Phi) is 18.5. The maximum absolute atomic E-state index is 11.9. The van der Waals surface area contributed by atoms with Crippen molar-refractivity contribution in [2.75, 3.05) is 57.3 Å². The minimum Gasteiger partial charge on any atom is -0.494 e. The molecule has 42 heavy (non-hydrogen) atoms. The van der Waals surface area contributed by atoms with Crippen LogP contribution in [-0.2, 0) is 9.36 Å².